The van der Waals surface area contributed by atoms with Gasteiger partial charge in [0.1, 0.15) is 5.82 Å². The average Bonchev–Trinajstić information content (AvgIpc) is 2.65. The number of benzene rings is 1. The smallest absolute Gasteiger partial charge is 0.269 e. The molecule has 0 amide bonds. The number of aromatic nitrogens is 3. The first kappa shape index (κ1) is 9.13. The van der Waals surface area contributed by atoms with E-state index in [0.717, 1.165) is 0 Å². The van der Waals surface area contributed by atoms with Gasteiger partial charge in [0.05, 0.1) is 16.8 Å². The Bertz CT molecular complexity index is 490. The van der Waals surface area contributed by atoms with E-state index in [9.17, 15) is 10.1 Å². The molecule has 7 nitrogen and oxygen atoms in total. The molecule has 0 saturated heterocycles. The Kier molecular flexibility index (Phi) is 2.05. The first-order chi connectivity index (χ1) is 7.18. The third-order valence-electron chi connectivity index (χ3n) is 1.88. The minimum atomic E-state index is -0.464. The van der Waals surface area contributed by atoms with Crippen molar-refractivity contribution in [2.24, 2.45) is 0 Å². The number of nitrogens with two attached hydrogens (primary N) is 1. The third kappa shape index (κ3) is 1.62. The van der Waals surface area contributed by atoms with Crippen LogP contribution in [-0.2, 0) is 0 Å². The lowest BCUT2D eigenvalue weighted by atomic mass is 10.3. The normalized spacial score (nSPS) is 10.1. The highest BCUT2D eigenvalue weighted by Crippen LogP contribution is 2.15. The van der Waals surface area contributed by atoms with Crippen LogP contribution >= 0.6 is 0 Å². The van der Waals surface area contributed by atoms with Crippen molar-refractivity contribution in [2.45, 2.75) is 0 Å². The summed E-state index contributed by atoms with van der Waals surface area (Å²) in [4.78, 5) is 9.95. The molecule has 1 heterocycles. The number of nitrogen functional groups attached to an aromatic ring is 1. The molecule has 0 aliphatic rings. The Morgan fingerprint density at radius 1 is 1.33 bits per heavy atom. The van der Waals surface area contributed by atoms with Gasteiger partial charge < -0.3 is 5.73 Å². The summed E-state index contributed by atoms with van der Waals surface area (Å²) in [6.07, 6.45) is 1.40. The van der Waals surface area contributed by atoms with E-state index in [1.165, 1.54) is 23.0 Å². The molecule has 0 atom stereocenters. The number of non-ortho nitro benzene ring substituents is 1. The molecule has 1 aromatic heterocycles. The number of anilines is 1. The molecule has 0 aliphatic heterocycles. The van der Waals surface area contributed by atoms with Crippen molar-refractivity contribution in [2.75, 3.05) is 5.73 Å². The number of hydrogen-bond donors (Lipinski definition) is 1. The van der Waals surface area contributed by atoms with Crippen LogP contribution in [0.15, 0.2) is 30.5 Å². The van der Waals surface area contributed by atoms with Gasteiger partial charge in [-0.1, -0.05) is 5.21 Å². The minimum absolute atomic E-state index is 0.0254. The Morgan fingerprint density at radius 3 is 2.47 bits per heavy atom. The summed E-state index contributed by atoms with van der Waals surface area (Å²) in [6, 6.07) is 5.89. The van der Waals surface area contributed by atoms with Gasteiger partial charge in [-0.05, 0) is 12.1 Å². The number of nitro groups is 1. The predicted molar refractivity (Wildman–Crippen MR) is 52.4 cm³/mol. The highest BCUT2D eigenvalue weighted by molar-refractivity contribution is 5.44. The topological polar surface area (TPSA) is 99.9 Å². The highest BCUT2D eigenvalue weighted by atomic mass is 16.6. The van der Waals surface area contributed by atoms with Crippen molar-refractivity contribution in [1.29, 1.82) is 0 Å². The van der Waals surface area contributed by atoms with Crippen molar-refractivity contribution in [3.8, 4) is 5.69 Å². The zero-order chi connectivity index (χ0) is 10.8. The summed E-state index contributed by atoms with van der Waals surface area (Å²) in [6.45, 7) is 0. The van der Waals surface area contributed by atoms with Crippen LogP contribution in [0.1, 0.15) is 0 Å². The molecule has 2 aromatic rings. The third-order valence-corrected chi connectivity index (χ3v) is 1.88. The fourth-order valence-corrected chi connectivity index (χ4v) is 1.16. The van der Waals surface area contributed by atoms with E-state index < -0.39 is 4.92 Å². The van der Waals surface area contributed by atoms with Crippen LogP contribution in [0.25, 0.3) is 5.69 Å². The summed E-state index contributed by atoms with van der Waals surface area (Å²) >= 11 is 0. The van der Waals surface area contributed by atoms with Gasteiger partial charge in [-0.2, -0.15) is 4.68 Å². The van der Waals surface area contributed by atoms with Crippen LogP contribution in [-0.4, -0.2) is 19.9 Å². The molecule has 0 saturated carbocycles. The molecular weight excluding hydrogens is 198 g/mol. The molecule has 15 heavy (non-hydrogen) atoms. The predicted octanol–water partition coefficient (Wildman–Crippen LogP) is 0.758. The van der Waals surface area contributed by atoms with Crippen molar-refractivity contribution in [1.82, 2.24) is 15.0 Å². The van der Waals surface area contributed by atoms with Crippen LogP contribution in [0, 0.1) is 10.1 Å². The van der Waals surface area contributed by atoms with E-state index in [1.807, 2.05) is 0 Å². The lowest BCUT2D eigenvalue weighted by Gasteiger charge is -2.01. The molecule has 7 heteroatoms. The van der Waals surface area contributed by atoms with E-state index in [1.54, 1.807) is 12.1 Å². The Labute approximate surface area is 84.3 Å². The summed E-state index contributed by atoms with van der Waals surface area (Å²) in [5, 5.41) is 17.8. The molecule has 1 aromatic carbocycles. The number of hydrogen-bond acceptors (Lipinski definition) is 5. The monoisotopic (exact) mass is 205 g/mol. The maximum Gasteiger partial charge on any atom is 0.269 e. The number of rotatable bonds is 2. The lowest BCUT2D eigenvalue weighted by Crippen LogP contribution is -2.01. The quantitative estimate of drug-likeness (QED) is 0.576. The molecule has 0 fully saturated rings. The second-order valence-corrected chi connectivity index (χ2v) is 2.84. The molecule has 76 valence electrons. The van der Waals surface area contributed by atoms with Crippen molar-refractivity contribution < 1.29 is 4.92 Å². The summed E-state index contributed by atoms with van der Waals surface area (Å²) in [5.41, 5.74) is 6.23. The van der Waals surface area contributed by atoms with Crippen molar-refractivity contribution in [3.63, 3.8) is 0 Å². The first-order valence-corrected chi connectivity index (χ1v) is 4.09. The van der Waals surface area contributed by atoms with E-state index >= 15 is 0 Å². The Morgan fingerprint density at radius 2 is 2.00 bits per heavy atom. The van der Waals surface area contributed by atoms with E-state index in [-0.39, 0.29) is 5.69 Å². The maximum absolute atomic E-state index is 10.4. The lowest BCUT2D eigenvalue weighted by molar-refractivity contribution is -0.384. The minimum Gasteiger partial charge on any atom is -0.382 e. The first-order valence-electron chi connectivity index (χ1n) is 4.09. The molecule has 2 N–H and O–H groups in total. The number of nitro benzene ring substituents is 1. The second-order valence-electron chi connectivity index (χ2n) is 2.84. The largest absolute Gasteiger partial charge is 0.382 e. The van der Waals surface area contributed by atoms with Gasteiger partial charge in [0.15, 0.2) is 0 Å². The van der Waals surface area contributed by atoms with E-state index in [0.29, 0.717) is 11.5 Å². The SMILES string of the molecule is Nc1cnnn1-c1ccc([N+](=O)[O-])cc1. The maximum atomic E-state index is 10.4. The summed E-state index contributed by atoms with van der Waals surface area (Å²) in [5.74, 6) is 0.379. The van der Waals surface area contributed by atoms with E-state index in [2.05, 4.69) is 10.3 Å². The van der Waals surface area contributed by atoms with Crippen LogP contribution < -0.4 is 5.73 Å². The molecular formula is C8H7N5O2. The molecule has 0 unspecified atom stereocenters. The fraction of sp³-hybridized carbons (Fsp3) is 0. The summed E-state index contributed by atoms with van der Waals surface area (Å²) < 4.78 is 1.39. The fourth-order valence-electron chi connectivity index (χ4n) is 1.16. The van der Waals surface area contributed by atoms with Crippen LogP contribution in [0.2, 0.25) is 0 Å². The van der Waals surface area contributed by atoms with Gasteiger partial charge in [-0.3, -0.25) is 10.1 Å². The molecule has 0 spiro atoms. The van der Waals surface area contributed by atoms with Gasteiger partial charge in [0.2, 0.25) is 0 Å². The molecule has 0 radical (unpaired) electrons. The van der Waals surface area contributed by atoms with Gasteiger partial charge in [-0.25, -0.2) is 0 Å². The summed E-state index contributed by atoms with van der Waals surface area (Å²) in [7, 11) is 0. The van der Waals surface area contributed by atoms with E-state index in [4.69, 9.17) is 5.73 Å². The second kappa shape index (κ2) is 3.37. The van der Waals surface area contributed by atoms with Gasteiger partial charge in [0.25, 0.3) is 5.69 Å². The van der Waals surface area contributed by atoms with Crippen LogP contribution in [0.4, 0.5) is 11.5 Å². The Balaban J connectivity index is 2.40. The van der Waals surface area contributed by atoms with Crippen molar-refractivity contribution >= 4 is 11.5 Å². The average molecular weight is 205 g/mol. The van der Waals surface area contributed by atoms with Gasteiger partial charge >= 0.3 is 0 Å². The van der Waals surface area contributed by atoms with Crippen LogP contribution in [0.3, 0.4) is 0 Å². The van der Waals surface area contributed by atoms with Gasteiger partial charge in [0, 0.05) is 12.1 Å². The molecule has 0 aliphatic carbocycles. The highest BCUT2D eigenvalue weighted by Gasteiger charge is 2.06. The zero-order valence-electron chi connectivity index (χ0n) is 7.57. The molecule has 0 bridgehead atoms. The van der Waals surface area contributed by atoms with Crippen molar-refractivity contribution in [3.05, 3.63) is 40.6 Å². The molecule has 2 rings (SSSR count). The number of nitrogens with zero attached hydrogens (tertiary/aromatic N) is 4. The zero-order valence-corrected chi connectivity index (χ0v) is 7.57. The Hall–Kier alpha value is -2.44. The van der Waals surface area contributed by atoms with Gasteiger partial charge in [-0.15, -0.1) is 5.10 Å². The van der Waals surface area contributed by atoms with Crippen LogP contribution in [0.5, 0.6) is 0 Å². The standard InChI is InChI=1S/C8H7N5O2/c9-8-5-10-11-12(8)6-1-3-7(4-2-6)13(14)15/h1-5H,9H2.